The first-order valence-corrected chi connectivity index (χ1v) is 13.9. The maximum absolute atomic E-state index is 6.72. The average Bonchev–Trinajstić information content (AvgIpc) is 3.32. The molecule has 8 heteroatoms. The van der Waals surface area contributed by atoms with Crippen LogP contribution in [0.5, 0.6) is 23.0 Å². The van der Waals surface area contributed by atoms with Gasteiger partial charge in [-0.25, -0.2) is 0 Å². The first kappa shape index (κ1) is 27.1. The molecule has 1 atom stereocenters. The molecule has 2 aromatic carbocycles. The molecule has 0 N–H and O–H groups in total. The van der Waals surface area contributed by atoms with E-state index < -0.39 is 9.83 Å². The van der Waals surface area contributed by atoms with Crippen LogP contribution < -0.4 is 18.9 Å². The van der Waals surface area contributed by atoms with Gasteiger partial charge in [0.05, 0.1) is 7.11 Å². The smallest absolute Gasteiger partial charge is 0.231 e. The zero-order valence-corrected chi connectivity index (χ0v) is 24.3. The van der Waals surface area contributed by atoms with E-state index in [1.165, 1.54) is 16.7 Å². The normalized spacial score (nSPS) is 17.8. The summed E-state index contributed by atoms with van der Waals surface area (Å²) in [5, 5.41) is 0. The molecule has 0 amide bonds. The Morgan fingerprint density at radius 3 is 2.58 bits per heavy atom. The molecule has 0 saturated carbocycles. The van der Waals surface area contributed by atoms with Gasteiger partial charge in [0, 0.05) is 23.4 Å². The average molecular weight is 577 g/mol. The second-order valence-corrected chi connectivity index (χ2v) is 12.4. The topological polar surface area (TPSA) is 40.2 Å². The van der Waals surface area contributed by atoms with Crippen LogP contribution in [0.15, 0.2) is 47.6 Å². The molecule has 0 aliphatic carbocycles. The summed E-state index contributed by atoms with van der Waals surface area (Å²) in [5.41, 5.74) is 7.55. The second-order valence-electron chi connectivity index (χ2n) is 10.1. The minimum Gasteiger partial charge on any atom is -0.493 e. The number of ether oxygens (including phenoxy) is 4. The maximum Gasteiger partial charge on any atom is 0.231 e. The fourth-order valence-electron chi connectivity index (χ4n) is 5.29. The summed E-state index contributed by atoms with van der Waals surface area (Å²) < 4.78 is 21.7. The van der Waals surface area contributed by atoms with E-state index in [0.29, 0.717) is 24.7 Å². The molecule has 0 saturated heterocycles. The number of fused-ring (bicyclic) bond motifs is 5. The van der Waals surface area contributed by atoms with E-state index in [9.17, 15) is 0 Å². The van der Waals surface area contributed by atoms with Crippen LogP contribution in [-0.2, 0) is 6.42 Å². The van der Waals surface area contributed by atoms with Gasteiger partial charge in [-0.15, -0.1) is 0 Å². The molecular formula is C30H32Cl3NO4. The molecule has 3 aliphatic rings. The van der Waals surface area contributed by atoms with Crippen LogP contribution in [0.25, 0.3) is 11.8 Å². The van der Waals surface area contributed by atoms with Crippen molar-refractivity contribution in [1.29, 1.82) is 0 Å². The van der Waals surface area contributed by atoms with Crippen molar-refractivity contribution in [1.82, 2.24) is 4.90 Å². The summed E-state index contributed by atoms with van der Waals surface area (Å²) in [6.07, 6.45) is 9.25. The molecule has 38 heavy (non-hydrogen) atoms. The molecule has 202 valence electrons. The zero-order valence-electron chi connectivity index (χ0n) is 22.1. The molecule has 0 aromatic heterocycles. The number of methoxy groups -OCH3 is 1. The van der Waals surface area contributed by atoms with Gasteiger partial charge in [-0.05, 0) is 81.5 Å². The van der Waals surface area contributed by atoms with Gasteiger partial charge in [0.2, 0.25) is 10.6 Å². The van der Waals surface area contributed by atoms with Crippen LogP contribution in [0.4, 0.5) is 0 Å². The van der Waals surface area contributed by atoms with Crippen molar-refractivity contribution >= 4 is 46.6 Å². The summed E-state index contributed by atoms with van der Waals surface area (Å²) in [6.45, 7) is 7.65. The Balaban J connectivity index is 1.54. The van der Waals surface area contributed by atoms with Crippen LogP contribution in [0.1, 0.15) is 61.9 Å². The quantitative estimate of drug-likeness (QED) is 0.245. The first-order valence-electron chi connectivity index (χ1n) is 12.8. The van der Waals surface area contributed by atoms with E-state index in [4.69, 9.17) is 53.8 Å². The molecule has 0 fully saturated rings. The van der Waals surface area contributed by atoms with Gasteiger partial charge in [-0.3, -0.25) is 0 Å². The Morgan fingerprint density at radius 2 is 1.87 bits per heavy atom. The Labute approximate surface area is 239 Å². The molecular weight excluding hydrogens is 545 g/mol. The van der Waals surface area contributed by atoms with Crippen LogP contribution in [0, 0.1) is 0 Å². The largest absolute Gasteiger partial charge is 0.493 e. The van der Waals surface area contributed by atoms with E-state index in [2.05, 4.69) is 50.0 Å². The van der Waals surface area contributed by atoms with Crippen LogP contribution >= 0.6 is 34.8 Å². The standard InChI is InChI=1S/C30H32Cl3NO4/c1-18(2)6-5-7-19(3)11-13-36-28-24(35-4)9-8-21-14-23-22-16-26-25(37-17-38-26)15-20(22)10-12-34(23)29(27(21)28)30(31,32)33/h6,8-9,11,14-16,29H,5,7,10,12-13,17H2,1-4H3/b19-11+. The number of alkyl halides is 3. The Bertz CT molecular complexity index is 1320. The van der Waals surface area contributed by atoms with Gasteiger partial charge >= 0.3 is 0 Å². The lowest BCUT2D eigenvalue weighted by Gasteiger charge is -2.45. The predicted molar refractivity (Wildman–Crippen MR) is 155 cm³/mol. The third kappa shape index (κ3) is 5.34. The fraction of sp³-hybridized carbons (Fsp3) is 0.400. The second kappa shape index (κ2) is 11.0. The number of hydrogen-bond acceptors (Lipinski definition) is 5. The molecule has 2 aromatic rings. The third-order valence-corrected chi connectivity index (χ3v) is 7.78. The highest BCUT2D eigenvalue weighted by Crippen LogP contribution is 2.56. The highest BCUT2D eigenvalue weighted by molar-refractivity contribution is 6.68. The lowest BCUT2D eigenvalue weighted by atomic mass is 9.86. The van der Waals surface area contributed by atoms with E-state index in [1.807, 2.05) is 18.2 Å². The number of nitrogens with zero attached hydrogens (tertiary/aromatic N) is 1. The Hall–Kier alpha value is -2.47. The SMILES string of the molecule is COc1ccc2c(c1OC/C=C(\C)CCC=C(C)C)C(C(Cl)(Cl)Cl)N1CCc3cc4c(cc3C1=C2)OCO4. The highest BCUT2D eigenvalue weighted by Gasteiger charge is 2.46. The minimum absolute atomic E-state index is 0.226. The van der Waals surface area contributed by atoms with Gasteiger partial charge in [-0.2, -0.15) is 0 Å². The molecule has 5 nitrogen and oxygen atoms in total. The van der Waals surface area contributed by atoms with Crippen molar-refractivity contribution in [3.8, 4) is 23.0 Å². The van der Waals surface area contributed by atoms with E-state index in [1.54, 1.807) is 7.11 Å². The van der Waals surface area contributed by atoms with Crippen molar-refractivity contribution in [3.63, 3.8) is 0 Å². The Kier molecular flexibility index (Phi) is 7.82. The van der Waals surface area contributed by atoms with E-state index in [0.717, 1.165) is 53.1 Å². The third-order valence-electron chi connectivity index (χ3n) is 7.16. The minimum atomic E-state index is -1.62. The van der Waals surface area contributed by atoms with Gasteiger partial charge in [0.25, 0.3) is 0 Å². The van der Waals surface area contributed by atoms with Gasteiger partial charge < -0.3 is 23.8 Å². The van der Waals surface area contributed by atoms with Gasteiger partial charge in [-0.1, -0.05) is 58.1 Å². The van der Waals surface area contributed by atoms with Crippen molar-refractivity contribution in [2.75, 3.05) is 27.1 Å². The fourth-order valence-corrected chi connectivity index (χ4v) is 5.97. The van der Waals surface area contributed by atoms with Crippen molar-refractivity contribution in [2.24, 2.45) is 0 Å². The summed E-state index contributed by atoms with van der Waals surface area (Å²) in [6, 6.07) is 7.42. The Morgan fingerprint density at radius 1 is 1.11 bits per heavy atom. The zero-order chi connectivity index (χ0) is 27.0. The van der Waals surface area contributed by atoms with Crippen molar-refractivity contribution in [2.45, 2.75) is 49.9 Å². The summed E-state index contributed by atoms with van der Waals surface area (Å²) in [4.78, 5) is 2.16. The molecule has 5 rings (SSSR count). The molecule has 3 aliphatic heterocycles. The predicted octanol–water partition coefficient (Wildman–Crippen LogP) is 8.28. The van der Waals surface area contributed by atoms with Crippen LogP contribution in [0.3, 0.4) is 0 Å². The number of hydrogen-bond donors (Lipinski definition) is 0. The maximum atomic E-state index is 6.72. The van der Waals surface area contributed by atoms with Gasteiger partial charge in [0.15, 0.2) is 23.0 Å². The number of benzene rings is 2. The lowest BCUT2D eigenvalue weighted by molar-refractivity contribution is 0.174. The molecule has 0 spiro atoms. The van der Waals surface area contributed by atoms with E-state index in [-0.39, 0.29) is 6.79 Å². The molecule has 1 unspecified atom stereocenters. The first-order chi connectivity index (χ1) is 18.2. The number of halogens is 3. The highest BCUT2D eigenvalue weighted by atomic mass is 35.6. The van der Waals surface area contributed by atoms with Gasteiger partial charge in [0.1, 0.15) is 12.6 Å². The number of rotatable bonds is 7. The summed E-state index contributed by atoms with van der Waals surface area (Å²) in [7, 11) is 1.63. The molecule has 0 bridgehead atoms. The van der Waals surface area contributed by atoms with E-state index >= 15 is 0 Å². The number of allylic oxidation sites excluding steroid dienone is 3. The van der Waals surface area contributed by atoms with Crippen molar-refractivity contribution < 1.29 is 18.9 Å². The summed E-state index contributed by atoms with van der Waals surface area (Å²) >= 11 is 20.2. The summed E-state index contributed by atoms with van der Waals surface area (Å²) in [5.74, 6) is 2.71. The lowest BCUT2D eigenvalue weighted by Crippen LogP contribution is -2.41. The van der Waals surface area contributed by atoms with Crippen molar-refractivity contribution in [3.05, 3.63) is 69.8 Å². The monoisotopic (exact) mass is 575 g/mol. The molecule has 0 radical (unpaired) electrons. The van der Waals surface area contributed by atoms with Crippen LogP contribution in [0.2, 0.25) is 0 Å². The van der Waals surface area contributed by atoms with Crippen LogP contribution in [-0.4, -0.2) is 35.7 Å². The molecule has 3 heterocycles.